The van der Waals surface area contributed by atoms with Crippen LogP contribution in [0.3, 0.4) is 0 Å². The van der Waals surface area contributed by atoms with Gasteiger partial charge in [0.1, 0.15) is 11.3 Å². The SMILES string of the molecule is COc1c(Cl)cc(Cl)cc1C(=O)Nc1ccc(-c2nc3cc(C)c(C)cc3o2)cc1. The van der Waals surface area contributed by atoms with Gasteiger partial charge >= 0.3 is 0 Å². The molecule has 0 spiro atoms. The number of amides is 1. The third kappa shape index (κ3) is 3.86. The second kappa shape index (κ2) is 8.01. The fourth-order valence-electron chi connectivity index (χ4n) is 3.13. The molecule has 5 nitrogen and oxygen atoms in total. The number of nitrogens with one attached hydrogen (secondary N) is 1. The summed E-state index contributed by atoms with van der Waals surface area (Å²) in [6, 6.07) is 14.3. The van der Waals surface area contributed by atoms with Gasteiger partial charge in [0, 0.05) is 16.3 Å². The number of halogens is 2. The van der Waals surface area contributed by atoms with E-state index >= 15 is 0 Å². The molecule has 0 bridgehead atoms. The number of hydrogen-bond donors (Lipinski definition) is 1. The Hall–Kier alpha value is -3.02. The van der Waals surface area contributed by atoms with Crippen LogP contribution in [0.4, 0.5) is 5.69 Å². The lowest BCUT2D eigenvalue weighted by Crippen LogP contribution is -2.13. The lowest BCUT2D eigenvalue weighted by molar-refractivity contribution is 0.102. The summed E-state index contributed by atoms with van der Waals surface area (Å²) in [6.07, 6.45) is 0. The van der Waals surface area contributed by atoms with Gasteiger partial charge in [0.2, 0.25) is 5.89 Å². The minimum absolute atomic E-state index is 0.253. The van der Waals surface area contributed by atoms with Crippen molar-refractivity contribution in [1.82, 2.24) is 4.98 Å². The topological polar surface area (TPSA) is 64.4 Å². The zero-order chi connectivity index (χ0) is 21.4. The van der Waals surface area contributed by atoms with E-state index in [1.165, 1.54) is 19.2 Å². The number of rotatable bonds is 4. The van der Waals surface area contributed by atoms with Crippen molar-refractivity contribution in [3.8, 4) is 17.2 Å². The van der Waals surface area contributed by atoms with Gasteiger partial charge in [0.05, 0.1) is 17.7 Å². The van der Waals surface area contributed by atoms with E-state index in [-0.39, 0.29) is 22.2 Å². The highest BCUT2D eigenvalue weighted by Crippen LogP contribution is 2.33. The quantitative estimate of drug-likeness (QED) is 0.384. The smallest absolute Gasteiger partial charge is 0.259 e. The summed E-state index contributed by atoms with van der Waals surface area (Å²) in [7, 11) is 1.45. The highest BCUT2D eigenvalue weighted by molar-refractivity contribution is 6.36. The predicted molar refractivity (Wildman–Crippen MR) is 120 cm³/mol. The molecule has 0 aliphatic carbocycles. The van der Waals surface area contributed by atoms with Gasteiger partial charge in [-0.1, -0.05) is 23.2 Å². The average Bonchev–Trinajstić information content (AvgIpc) is 3.11. The first-order chi connectivity index (χ1) is 14.4. The Bertz CT molecular complexity index is 1220. The van der Waals surface area contributed by atoms with E-state index in [0.717, 1.165) is 27.8 Å². The van der Waals surface area contributed by atoms with Crippen molar-refractivity contribution in [1.29, 1.82) is 0 Å². The molecule has 152 valence electrons. The molecule has 0 atom stereocenters. The van der Waals surface area contributed by atoms with Gasteiger partial charge in [-0.15, -0.1) is 0 Å². The minimum atomic E-state index is -0.378. The Balaban J connectivity index is 1.58. The molecule has 3 aromatic carbocycles. The fourth-order valence-corrected chi connectivity index (χ4v) is 3.71. The van der Waals surface area contributed by atoms with E-state index in [0.29, 0.717) is 16.6 Å². The lowest BCUT2D eigenvalue weighted by atomic mass is 10.1. The van der Waals surface area contributed by atoms with E-state index in [4.69, 9.17) is 32.4 Å². The first-order valence-corrected chi connectivity index (χ1v) is 9.94. The van der Waals surface area contributed by atoms with Crippen molar-refractivity contribution in [2.75, 3.05) is 12.4 Å². The van der Waals surface area contributed by atoms with Crippen LogP contribution < -0.4 is 10.1 Å². The van der Waals surface area contributed by atoms with Gasteiger partial charge in [0.15, 0.2) is 5.58 Å². The molecule has 0 aliphatic heterocycles. The molecule has 7 heteroatoms. The van der Waals surface area contributed by atoms with Crippen molar-refractivity contribution in [3.63, 3.8) is 0 Å². The highest BCUT2D eigenvalue weighted by Gasteiger charge is 2.17. The molecule has 1 aromatic heterocycles. The van der Waals surface area contributed by atoms with Crippen LogP contribution in [0.2, 0.25) is 10.0 Å². The van der Waals surface area contributed by atoms with Crippen molar-refractivity contribution in [2.45, 2.75) is 13.8 Å². The second-order valence-corrected chi connectivity index (χ2v) is 7.77. The molecule has 0 unspecified atom stereocenters. The summed E-state index contributed by atoms with van der Waals surface area (Å²) in [6.45, 7) is 4.08. The van der Waals surface area contributed by atoms with Crippen LogP contribution >= 0.6 is 23.2 Å². The Morgan fingerprint density at radius 1 is 1.03 bits per heavy atom. The van der Waals surface area contributed by atoms with E-state index in [9.17, 15) is 4.79 Å². The number of nitrogens with zero attached hydrogens (tertiary/aromatic N) is 1. The largest absolute Gasteiger partial charge is 0.494 e. The number of aromatic nitrogens is 1. The van der Waals surface area contributed by atoms with Crippen LogP contribution in [-0.4, -0.2) is 18.0 Å². The third-order valence-corrected chi connectivity index (χ3v) is 5.35. The molecule has 0 saturated carbocycles. The first-order valence-electron chi connectivity index (χ1n) is 9.18. The molecular weight excluding hydrogens is 423 g/mol. The van der Waals surface area contributed by atoms with E-state index in [2.05, 4.69) is 10.3 Å². The van der Waals surface area contributed by atoms with E-state index in [1.807, 2.05) is 38.1 Å². The number of hydrogen-bond acceptors (Lipinski definition) is 4. The van der Waals surface area contributed by atoms with Gasteiger partial charge < -0.3 is 14.5 Å². The summed E-state index contributed by atoms with van der Waals surface area (Å²) in [5.74, 6) is 0.417. The zero-order valence-electron chi connectivity index (χ0n) is 16.5. The number of aryl methyl sites for hydroxylation is 2. The second-order valence-electron chi connectivity index (χ2n) is 6.92. The molecule has 1 amide bonds. The average molecular weight is 441 g/mol. The summed E-state index contributed by atoms with van der Waals surface area (Å²) in [4.78, 5) is 17.3. The van der Waals surface area contributed by atoms with Crippen LogP contribution in [0.25, 0.3) is 22.6 Å². The number of ether oxygens (including phenoxy) is 1. The van der Waals surface area contributed by atoms with E-state index < -0.39 is 0 Å². The summed E-state index contributed by atoms with van der Waals surface area (Å²) in [5, 5.41) is 3.44. The molecule has 0 fully saturated rings. The Morgan fingerprint density at radius 2 is 1.73 bits per heavy atom. The summed E-state index contributed by atoms with van der Waals surface area (Å²) >= 11 is 12.1. The number of anilines is 1. The molecule has 0 aliphatic rings. The van der Waals surface area contributed by atoms with Crippen LogP contribution in [0, 0.1) is 13.8 Å². The number of oxazole rings is 1. The summed E-state index contributed by atoms with van der Waals surface area (Å²) in [5.41, 5.74) is 5.54. The molecule has 1 N–H and O–H groups in total. The van der Waals surface area contributed by atoms with Gasteiger partial charge in [-0.3, -0.25) is 4.79 Å². The molecule has 0 saturated heterocycles. The van der Waals surface area contributed by atoms with Crippen molar-refractivity contribution in [3.05, 3.63) is 75.3 Å². The third-order valence-electron chi connectivity index (χ3n) is 4.85. The van der Waals surface area contributed by atoms with Crippen LogP contribution in [0.1, 0.15) is 21.5 Å². The van der Waals surface area contributed by atoms with E-state index in [1.54, 1.807) is 12.1 Å². The maximum atomic E-state index is 12.7. The number of carbonyl (C=O) groups is 1. The van der Waals surface area contributed by atoms with Crippen molar-refractivity contribution in [2.24, 2.45) is 0 Å². The zero-order valence-corrected chi connectivity index (χ0v) is 18.1. The number of carbonyl (C=O) groups excluding carboxylic acids is 1. The molecule has 0 radical (unpaired) electrons. The van der Waals surface area contributed by atoms with Crippen LogP contribution in [-0.2, 0) is 0 Å². The molecule has 1 heterocycles. The lowest BCUT2D eigenvalue weighted by Gasteiger charge is -2.11. The Morgan fingerprint density at radius 3 is 2.43 bits per heavy atom. The standard InChI is InChI=1S/C23H18Cl2N2O3/c1-12-8-19-20(9-13(12)2)30-23(27-19)14-4-6-16(7-5-14)26-22(28)17-10-15(24)11-18(25)21(17)29-3/h4-11H,1-3H3,(H,26,28). The van der Waals surface area contributed by atoms with Gasteiger partial charge in [-0.2, -0.15) is 0 Å². The molecular formula is C23H18Cl2N2O3. The molecule has 4 rings (SSSR count). The predicted octanol–water partition coefficient (Wildman–Crippen LogP) is 6.68. The van der Waals surface area contributed by atoms with Crippen molar-refractivity contribution >= 4 is 45.9 Å². The summed E-state index contributed by atoms with van der Waals surface area (Å²) < 4.78 is 11.1. The molecule has 30 heavy (non-hydrogen) atoms. The maximum Gasteiger partial charge on any atom is 0.259 e. The Kier molecular flexibility index (Phi) is 5.41. The van der Waals surface area contributed by atoms with Crippen LogP contribution in [0.15, 0.2) is 52.9 Å². The van der Waals surface area contributed by atoms with Crippen molar-refractivity contribution < 1.29 is 13.9 Å². The normalized spacial score (nSPS) is 11.0. The number of fused-ring (bicyclic) bond motifs is 1. The first kappa shape index (κ1) is 20.3. The Labute approximate surface area is 183 Å². The molecule has 4 aromatic rings. The van der Waals surface area contributed by atoms with Gasteiger partial charge in [0.25, 0.3) is 5.91 Å². The monoisotopic (exact) mass is 440 g/mol. The minimum Gasteiger partial charge on any atom is -0.494 e. The fraction of sp³-hybridized carbons (Fsp3) is 0.130. The number of benzene rings is 3. The van der Waals surface area contributed by atoms with Crippen LogP contribution in [0.5, 0.6) is 5.75 Å². The number of methoxy groups -OCH3 is 1. The maximum absolute atomic E-state index is 12.7. The van der Waals surface area contributed by atoms with Gasteiger partial charge in [-0.25, -0.2) is 4.98 Å². The highest BCUT2D eigenvalue weighted by atomic mass is 35.5. The van der Waals surface area contributed by atoms with Gasteiger partial charge in [-0.05, 0) is 73.5 Å².